The van der Waals surface area contributed by atoms with Crippen LogP contribution in [-0.4, -0.2) is 24.2 Å². The summed E-state index contributed by atoms with van der Waals surface area (Å²) in [5, 5.41) is 0. The number of nitrogens with zero attached hydrogens (tertiary/aromatic N) is 1. The molecule has 1 aliphatic rings. The molecule has 2 atom stereocenters. The second kappa shape index (κ2) is 3.51. The number of nitrogens with two attached hydrogens (primary N) is 1. The van der Waals surface area contributed by atoms with Gasteiger partial charge >= 0.3 is 0 Å². The highest BCUT2D eigenvalue weighted by Crippen LogP contribution is 2.33. The third-order valence-corrected chi connectivity index (χ3v) is 3.36. The number of fused-ring (bicyclic) bond motifs is 1. The molecule has 3 rings (SSSR count). The minimum absolute atomic E-state index is 0.152. The van der Waals surface area contributed by atoms with E-state index in [0.717, 1.165) is 0 Å². The highest BCUT2D eigenvalue weighted by molar-refractivity contribution is 5.72. The van der Waals surface area contributed by atoms with Crippen molar-refractivity contribution < 1.29 is 13.5 Å². The lowest BCUT2D eigenvalue weighted by atomic mass is 9.86. The van der Waals surface area contributed by atoms with Crippen LogP contribution >= 0.6 is 0 Å². The third-order valence-electron chi connectivity index (χ3n) is 3.36. The number of aromatic nitrogens is 1. The molecule has 1 saturated heterocycles. The topological polar surface area (TPSA) is 61.3 Å². The zero-order valence-corrected chi connectivity index (χ0v) is 9.44. The number of benzene rings is 1. The van der Waals surface area contributed by atoms with Gasteiger partial charge in [0.25, 0.3) is 0 Å². The number of hydrogen-bond acceptors (Lipinski definition) is 4. The van der Waals surface area contributed by atoms with Crippen LogP contribution in [0.5, 0.6) is 0 Å². The molecule has 2 N–H and O–H groups in total. The van der Waals surface area contributed by atoms with Crippen molar-refractivity contribution in [3.05, 3.63) is 29.9 Å². The molecule has 1 aliphatic heterocycles. The summed E-state index contributed by atoms with van der Waals surface area (Å²) < 4.78 is 24.0. The fraction of sp³-hybridized carbons (Fsp3) is 0.417. The van der Waals surface area contributed by atoms with E-state index >= 15 is 0 Å². The van der Waals surface area contributed by atoms with E-state index in [1.54, 1.807) is 6.07 Å². The molecule has 1 aromatic heterocycles. The minimum atomic E-state index is -0.435. The van der Waals surface area contributed by atoms with E-state index in [1.807, 2.05) is 6.92 Å². The maximum absolute atomic E-state index is 13.1. The Balaban J connectivity index is 2.12. The SMILES string of the molecule is CC1(c2nc3ccc(F)cc3o2)COCC1N. The van der Waals surface area contributed by atoms with Crippen LogP contribution in [0.15, 0.2) is 22.6 Å². The molecule has 2 unspecified atom stereocenters. The summed E-state index contributed by atoms with van der Waals surface area (Å²) in [5.74, 6) is 0.181. The first-order chi connectivity index (χ1) is 8.09. The summed E-state index contributed by atoms with van der Waals surface area (Å²) in [4.78, 5) is 4.36. The van der Waals surface area contributed by atoms with Crippen molar-refractivity contribution in [1.29, 1.82) is 0 Å². The number of oxazole rings is 1. The first kappa shape index (κ1) is 10.7. The second-order valence-corrected chi connectivity index (χ2v) is 4.67. The van der Waals surface area contributed by atoms with Gasteiger partial charge in [0.05, 0.1) is 18.6 Å². The van der Waals surface area contributed by atoms with Gasteiger partial charge in [0.2, 0.25) is 5.89 Å². The van der Waals surface area contributed by atoms with Gasteiger partial charge in [0, 0.05) is 12.1 Å². The lowest BCUT2D eigenvalue weighted by molar-refractivity contribution is 0.173. The Kier molecular flexibility index (Phi) is 2.21. The van der Waals surface area contributed by atoms with Gasteiger partial charge in [-0.2, -0.15) is 0 Å². The highest BCUT2D eigenvalue weighted by Gasteiger charge is 2.43. The van der Waals surface area contributed by atoms with Gasteiger partial charge in [-0.3, -0.25) is 0 Å². The predicted molar refractivity (Wildman–Crippen MR) is 60.1 cm³/mol. The Morgan fingerprint density at radius 3 is 3.06 bits per heavy atom. The summed E-state index contributed by atoms with van der Waals surface area (Å²) in [6.45, 7) is 2.92. The van der Waals surface area contributed by atoms with Crippen LogP contribution in [0, 0.1) is 5.82 Å². The van der Waals surface area contributed by atoms with Crippen LogP contribution in [0.1, 0.15) is 12.8 Å². The number of rotatable bonds is 1. The maximum atomic E-state index is 13.1. The Morgan fingerprint density at radius 1 is 1.53 bits per heavy atom. The largest absolute Gasteiger partial charge is 0.440 e. The summed E-state index contributed by atoms with van der Waals surface area (Å²) in [6, 6.07) is 4.14. The first-order valence-corrected chi connectivity index (χ1v) is 5.49. The monoisotopic (exact) mass is 236 g/mol. The van der Waals surface area contributed by atoms with Gasteiger partial charge < -0.3 is 14.9 Å². The van der Waals surface area contributed by atoms with E-state index in [0.29, 0.717) is 30.2 Å². The van der Waals surface area contributed by atoms with Crippen LogP contribution in [0.2, 0.25) is 0 Å². The van der Waals surface area contributed by atoms with E-state index in [1.165, 1.54) is 12.1 Å². The molecule has 5 heteroatoms. The predicted octanol–water partition coefficient (Wildman–Crippen LogP) is 1.58. The number of halogens is 1. The van der Waals surface area contributed by atoms with E-state index < -0.39 is 5.41 Å². The molecule has 2 aromatic rings. The second-order valence-electron chi connectivity index (χ2n) is 4.67. The Morgan fingerprint density at radius 2 is 2.35 bits per heavy atom. The van der Waals surface area contributed by atoms with Crippen molar-refractivity contribution in [2.45, 2.75) is 18.4 Å². The normalized spacial score (nSPS) is 29.0. The third kappa shape index (κ3) is 1.54. The average molecular weight is 236 g/mol. The van der Waals surface area contributed by atoms with E-state index in [9.17, 15) is 4.39 Å². The van der Waals surface area contributed by atoms with Crippen molar-refractivity contribution in [2.24, 2.45) is 5.73 Å². The summed E-state index contributed by atoms with van der Waals surface area (Å²) in [7, 11) is 0. The van der Waals surface area contributed by atoms with Crippen molar-refractivity contribution >= 4 is 11.1 Å². The van der Waals surface area contributed by atoms with Gasteiger partial charge in [0.15, 0.2) is 5.58 Å². The lowest BCUT2D eigenvalue weighted by Crippen LogP contribution is -2.42. The lowest BCUT2D eigenvalue weighted by Gasteiger charge is -2.22. The molecule has 1 fully saturated rings. The molecular weight excluding hydrogens is 223 g/mol. The van der Waals surface area contributed by atoms with Gasteiger partial charge in [-0.1, -0.05) is 0 Å². The average Bonchev–Trinajstić information content (AvgIpc) is 2.84. The summed E-state index contributed by atoms with van der Waals surface area (Å²) >= 11 is 0. The molecule has 0 saturated carbocycles. The minimum Gasteiger partial charge on any atom is -0.440 e. The quantitative estimate of drug-likeness (QED) is 0.816. The van der Waals surface area contributed by atoms with Crippen LogP contribution in [0.3, 0.4) is 0 Å². The van der Waals surface area contributed by atoms with E-state index in [4.69, 9.17) is 14.9 Å². The molecule has 4 nitrogen and oxygen atoms in total. The molecule has 90 valence electrons. The molecule has 17 heavy (non-hydrogen) atoms. The van der Waals surface area contributed by atoms with Gasteiger partial charge in [-0.25, -0.2) is 9.37 Å². The van der Waals surface area contributed by atoms with E-state index in [2.05, 4.69) is 4.98 Å². The molecule has 1 aromatic carbocycles. The van der Waals surface area contributed by atoms with Crippen LogP contribution in [0.4, 0.5) is 4.39 Å². The first-order valence-electron chi connectivity index (χ1n) is 5.49. The Labute approximate surface area is 97.6 Å². The smallest absolute Gasteiger partial charge is 0.205 e. The zero-order chi connectivity index (χ0) is 12.0. The van der Waals surface area contributed by atoms with Crippen molar-refractivity contribution in [1.82, 2.24) is 4.98 Å². The van der Waals surface area contributed by atoms with Crippen LogP contribution < -0.4 is 5.73 Å². The summed E-state index contributed by atoms with van der Waals surface area (Å²) in [5.41, 5.74) is 6.65. The maximum Gasteiger partial charge on any atom is 0.205 e. The standard InChI is InChI=1S/C12H13FN2O2/c1-12(6-16-5-10(12)14)11-15-8-3-2-7(13)4-9(8)17-11/h2-4,10H,5-6,14H2,1H3. The Hall–Kier alpha value is -1.46. The van der Waals surface area contributed by atoms with Gasteiger partial charge in [-0.05, 0) is 19.1 Å². The Bertz CT molecular complexity index is 569. The van der Waals surface area contributed by atoms with Crippen LogP contribution in [0.25, 0.3) is 11.1 Å². The molecular formula is C12H13FN2O2. The van der Waals surface area contributed by atoms with Crippen LogP contribution in [-0.2, 0) is 10.2 Å². The molecule has 2 heterocycles. The van der Waals surface area contributed by atoms with Crippen molar-refractivity contribution in [3.63, 3.8) is 0 Å². The molecule has 0 amide bonds. The number of hydrogen-bond donors (Lipinski definition) is 1. The molecule has 0 radical (unpaired) electrons. The highest BCUT2D eigenvalue weighted by atomic mass is 19.1. The fourth-order valence-electron chi connectivity index (χ4n) is 2.05. The fourth-order valence-corrected chi connectivity index (χ4v) is 2.05. The molecule has 0 spiro atoms. The van der Waals surface area contributed by atoms with Crippen molar-refractivity contribution in [2.75, 3.05) is 13.2 Å². The number of ether oxygens (including phenoxy) is 1. The van der Waals surface area contributed by atoms with Crippen molar-refractivity contribution in [3.8, 4) is 0 Å². The van der Waals surface area contributed by atoms with Gasteiger partial charge in [0.1, 0.15) is 11.3 Å². The van der Waals surface area contributed by atoms with Gasteiger partial charge in [-0.15, -0.1) is 0 Å². The van der Waals surface area contributed by atoms with E-state index in [-0.39, 0.29) is 11.9 Å². The molecule has 0 bridgehead atoms. The zero-order valence-electron chi connectivity index (χ0n) is 9.44. The summed E-state index contributed by atoms with van der Waals surface area (Å²) in [6.07, 6.45) is 0. The molecule has 0 aliphatic carbocycles.